The zero-order valence-electron chi connectivity index (χ0n) is 17.0. The molecule has 9 heteroatoms. The summed E-state index contributed by atoms with van der Waals surface area (Å²) in [5, 5.41) is 12.9. The Morgan fingerprint density at radius 3 is 2.03 bits per heavy atom. The third-order valence-corrected chi connectivity index (χ3v) is 5.81. The minimum Gasteiger partial charge on any atom is -0.355 e. The number of amides is 1. The molecule has 4 heterocycles. The summed E-state index contributed by atoms with van der Waals surface area (Å²) < 4.78 is 1.18. The number of anilines is 2. The van der Waals surface area contributed by atoms with E-state index in [9.17, 15) is 9.59 Å². The van der Waals surface area contributed by atoms with Gasteiger partial charge in [-0.25, -0.2) is 4.68 Å². The Kier molecular flexibility index (Phi) is 5.46. The Balaban J connectivity index is 1.35. The average Bonchev–Trinajstić information content (AvgIpc) is 2.76. The fourth-order valence-electron chi connectivity index (χ4n) is 3.81. The van der Waals surface area contributed by atoms with Crippen LogP contribution in [0.25, 0.3) is 0 Å². The molecule has 0 saturated carbocycles. The molecule has 0 bridgehead atoms. The van der Waals surface area contributed by atoms with Gasteiger partial charge in [-0.05, 0) is 37.0 Å². The van der Waals surface area contributed by atoms with Crippen molar-refractivity contribution in [2.75, 3.05) is 49.1 Å². The van der Waals surface area contributed by atoms with E-state index in [0.29, 0.717) is 31.9 Å². The molecule has 0 radical (unpaired) electrons. The lowest BCUT2D eigenvalue weighted by molar-refractivity contribution is 0.0738. The van der Waals surface area contributed by atoms with Crippen molar-refractivity contribution < 1.29 is 4.79 Å². The molecule has 0 N–H and O–H groups in total. The van der Waals surface area contributed by atoms with Crippen LogP contribution >= 0.6 is 0 Å². The first-order valence-corrected chi connectivity index (χ1v) is 10.2. The monoisotopic (exact) mass is 397 g/mol. The summed E-state index contributed by atoms with van der Waals surface area (Å²) in [6, 6.07) is 6.93. The van der Waals surface area contributed by atoms with Gasteiger partial charge in [0, 0.05) is 52.4 Å². The van der Waals surface area contributed by atoms with Gasteiger partial charge in [-0.15, -0.1) is 10.2 Å². The van der Waals surface area contributed by atoms with Gasteiger partial charge in [0.15, 0.2) is 11.6 Å². The predicted molar refractivity (Wildman–Crippen MR) is 110 cm³/mol. The van der Waals surface area contributed by atoms with Crippen LogP contribution < -0.4 is 15.4 Å². The molecule has 0 spiro atoms. The Morgan fingerprint density at radius 1 is 0.897 bits per heavy atom. The van der Waals surface area contributed by atoms with Gasteiger partial charge < -0.3 is 14.7 Å². The van der Waals surface area contributed by atoms with Crippen molar-refractivity contribution in [3.8, 4) is 0 Å². The van der Waals surface area contributed by atoms with Crippen molar-refractivity contribution in [2.45, 2.75) is 19.8 Å². The molecule has 0 aromatic carbocycles. The number of aryl methyl sites for hydroxylation is 1. The van der Waals surface area contributed by atoms with Crippen molar-refractivity contribution >= 4 is 17.5 Å². The maximum atomic E-state index is 12.6. The lowest BCUT2D eigenvalue weighted by atomic mass is 9.99. The standard InChI is InChI=1S/C20H27N7O2/c1-15-7-9-25(10-8-15)17-4-5-18(22-21-17)26-11-13-27(14-12-26)20(29)16-3-6-19(28)24(2)23-16/h3-6,15H,7-14H2,1-2H3. The van der Waals surface area contributed by atoms with Crippen molar-refractivity contribution in [1.82, 2.24) is 24.9 Å². The van der Waals surface area contributed by atoms with Gasteiger partial charge >= 0.3 is 0 Å². The van der Waals surface area contributed by atoms with Crippen LogP contribution in [0.5, 0.6) is 0 Å². The number of rotatable bonds is 3. The van der Waals surface area contributed by atoms with Gasteiger partial charge in [0.05, 0.1) is 0 Å². The first-order chi connectivity index (χ1) is 14.0. The molecular weight excluding hydrogens is 370 g/mol. The van der Waals surface area contributed by atoms with Gasteiger partial charge in [-0.2, -0.15) is 5.10 Å². The van der Waals surface area contributed by atoms with E-state index in [1.54, 1.807) is 11.9 Å². The molecule has 2 aliphatic rings. The molecule has 2 saturated heterocycles. The van der Waals surface area contributed by atoms with Gasteiger partial charge in [0.2, 0.25) is 0 Å². The molecule has 9 nitrogen and oxygen atoms in total. The summed E-state index contributed by atoms with van der Waals surface area (Å²) in [4.78, 5) is 30.3. The van der Waals surface area contributed by atoms with Crippen LogP contribution in [0.15, 0.2) is 29.1 Å². The largest absolute Gasteiger partial charge is 0.355 e. The first-order valence-electron chi connectivity index (χ1n) is 10.2. The molecule has 4 rings (SSSR count). The van der Waals surface area contributed by atoms with Crippen molar-refractivity contribution in [1.29, 1.82) is 0 Å². The fourth-order valence-corrected chi connectivity index (χ4v) is 3.81. The molecule has 0 unspecified atom stereocenters. The van der Waals surface area contributed by atoms with E-state index < -0.39 is 0 Å². The Bertz CT molecular complexity index is 911. The molecule has 2 fully saturated rings. The Morgan fingerprint density at radius 2 is 1.48 bits per heavy atom. The van der Waals surface area contributed by atoms with Crippen LogP contribution in [-0.4, -0.2) is 70.1 Å². The minimum absolute atomic E-state index is 0.152. The minimum atomic E-state index is -0.229. The first kappa shape index (κ1) is 19.4. The number of hydrogen-bond acceptors (Lipinski definition) is 7. The van der Waals surface area contributed by atoms with Gasteiger partial charge in [0.25, 0.3) is 11.5 Å². The summed E-state index contributed by atoms with van der Waals surface area (Å²) in [6.45, 7) is 6.91. The van der Waals surface area contributed by atoms with E-state index in [2.05, 4.69) is 32.0 Å². The third-order valence-electron chi connectivity index (χ3n) is 5.81. The molecule has 2 aromatic heterocycles. The van der Waals surface area contributed by atoms with E-state index in [-0.39, 0.29) is 11.5 Å². The number of hydrogen-bond donors (Lipinski definition) is 0. The highest BCUT2D eigenvalue weighted by Crippen LogP contribution is 2.22. The van der Waals surface area contributed by atoms with E-state index in [1.807, 2.05) is 12.1 Å². The predicted octanol–water partition coefficient (Wildman–Crippen LogP) is 0.769. The van der Waals surface area contributed by atoms with Crippen LogP contribution in [0, 0.1) is 5.92 Å². The van der Waals surface area contributed by atoms with E-state index in [4.69, 9.17) is 0 Å². The highest BCUT2D eigenvalue weighted by atomic mass is 16.2. The van der Waals surface area contributed by atoms with Gasteiger partial charge in [-0.1, -0.05) is 6.92 Å². The second-order valence-electron chi connectivity index (χ2n) is 7.88. The number of carbonyl (C=O) groups excluding carboxylic acids is 1. The SMILES string of the molecule is CC1CCN(c2ccc(N3CCN(C(=O)c4ccc(=O)n(C)n4)CC3)nn2)CC1. The fraction of sp³-hybridized carbons (Fsp3) is 0.550. The molecule has 2 aromatic rings. The second kappa shape index (κ2) is 8.18. The number of carbonyl (C=O) groups is 1. The van der Waals surface area contributed by atoms with Crippen molar-refractivity contribution in [3.63, 3.8) is 0 Å². The summed E-state index contributed by atoms with van der Waals surface area (Å²) in [6.07, 6.45) is 2.40. The lowest BCUT2D eigenvalue weighted by Crippen LogP contribution is -2.49. The maximum Gasteiger partial charge on any atom is 0.274 e. The highest BCUT2D eigenvalue weighted by Gasteiger charge is 2.24. The van der Waals surface area contributed by atoms with Crippen LogP contribution in [0.2, 0.25) is 0 Å². The van der Waals surface area contributed by atoms with Crippen LogP contribution in [-0.2, 0) is 7.05 Å². The Labute approximate surface area is 169 Å². The van der Waals surface area contributed by atoms with E-state index >= 15 is 0 Å². The van der Waals surface area contributed by atoms with Crippen LogP contribution in [0.4, 0.5) is 11.6 Å². The second-order valence-corrected chi connectivity index (χ2v) is 7.88. The maximum absolute atomic E-state index is 12.6. The number of piperidine rings is 1. The molecule has 154 valence electrons. The topological polar surface area (TPSA) is 87.5 Å². The Hall–Kier alpha value is -2.97. The van der Waals surface area contributed by atoms with Gasteiger partial charge in [-0.3, -0.25) is 9.59 Å². The summed E-state index contributed by atoms with van der Waals surface area (Å²) >= 11 is 0. The summed E-state index contributed by atoms with van der Waals surface area (Å²) in [5.41, 5.74) is 0.0630. The number of aromatic nitrogens is 4. The molecule has 29 heavy (non-hydrogen) atoms. The van der Waals surface area contributed by atoms with Crippen molar-refractivity contribution in [2.24, 2.45) is 13.0 Å². The van der Waals surface area contributed by atoms with Crippen molar-refractivity contribution in [3.05, 3.63) is 40.3 Å². The van der Waals surface area contributed by atoms with Gasteiger partial charge in [0.1, 0.15) is 5.69 Å². The quantitative estimate of drug-likeness (QED) is 0.756. The smallest absolute Gasteiger partial charge is 0.274 e. The molecular formula is C20H27N7O2. The molecule has 1 amide bonds. The normalized spacial score (nSPS) is 18.2. The lowest BCUT2D eigenvalue weighted by Gasteiger charge is -2.35. The highest BCUT2D eigenvalue weighted by molar-refractivity contribution is 5.92. The molecule has 2 aliphatic heterocycles. The van der Waals surface area contributed by atoms with E-state index in [1.165, 1.54) is 29.7 Å². The summed E-state index contributed by atoms with van der Waals surface area (Å²) in [5.74, 6) is 2.41. The zero-order valence-corrected chi connectivity index (χ0v) is 17.0. The number of piperazine rings is 1. The van der Waals surface area contributed by atoms with Crippen LogP contribution in [0.3, 0.4) is 0 Å². The number of nitrogens with zero attached hydrogens (tertiary/aromatic N) is 7. The molecule has 0 aliphatic carbocycles. The summed E-state index contributed by atoms with van der Waals surface area (Å²) in [7, 11) is 1.55. The zero-order chi connectivity index (χ0) is 20.4. The average molecular weight is 397 g/mol. The van der Waals surface area contributed by atoms with Crippen LogP contribution in [0.1, 0.15) is 30.3 Å². The third kappa shape index (κ3) is 4.23. The van der Waals surface area contributed by atoms with E-state index in [0.717, 1.165) is 30.6 Å². The molecule has 0 atom stereocenters.